The Bertz CT molecular complexity index is 1850. The van der Waals surface area contributed by atoms with Crippen LogP contribution >= 0.6 is 0 Å². The Morgan fingerprint density at radius 1 is 0.870 bits per heavy atom. The summed E-state index contributed by atoms with van der Waals surface area (Å²) in [4.78, 5) is 50.8. The van der Waals surface area contributed by atoms with Crippen LogP contribution in [0.15, 0.2) is 78.9 Å². The number of nitrogens with one attached hydrogen (secondary N) is 2. The molecule has 1 aliphatic rings. The van der Waals surface area contributed by atoms with Crippen molar-refractivity contribution in [3.8, 4) is 11.1 Å². The lowest BCUT2D eigenvalue weighted by Gasteiger charge is -2.28. The molecule has 14 nitrogen and oxygen atoms in total. The van der Waals surface area contributed by atoms with E-state index in [0.717, 1.165) is 38.9 Å². The van der Waals surface area contributed by atoms with E-state index in [2.05, 4.69) is 34.9 Å². The predicted octanol–water partition coefficient (Wildman–Crippen LogP) is 3.72. The summed E-state index contributed by atoms with van der Waals surface area (Å²) >= 11 is 0. The van der Waals surface area contributed by atoms with Crippen LogP contribution in [0.5, 0.6) is 0 Å². The van der Waals surface area contributed by atoms with E-state index in [1.54, 1.807) is 19.1 Å². The zero-order valence-electron chi connectivity index (χ0n) is 30.9. The highest BCUT2D eigenvalue weighted by atomic mass is 16.6. The second kappa shape index (κ2) is 19.7. The van der Waals surface area contributed by atoms with Gasteiger partial charge in [0, 0.05) is 63.7 Å². The number of nitrogens with two attached hydrogens (primary N) is 1. The molecule has 1 aliphatic carbocycles. The number of aromatic nitrogens is 1. The Morgan fingerprint density at radius 2 is 1.52 bits per heavy atom. The number of rotatable bonds is 21. The number of ether oxygens (including phenoxy) is 3. The van der Waals surface area contributed by atoms with Gasteiger partial charge >= 0.3 is 12.1 Å². The summed E-state index contributed by atoms with van der Waals surface area (Å²) < 4.78 is 18.6. The average molecular weight is 743 g/mol. The topological polar surface area (TPSA) is 178 Å². The predicted molar refractivity (Wildman–Crippen MR) is 203 cm³/mol. The molecular formula is C40H50N6O8. The summed E-state index contributed by atoms with van der Waals surface area (Å²) in [5.74, 6) is -2.02. The Morgan fingerprint density at radius 3 is 2.20 bits per heavy atom. The molecule has 3 amide bonds. The van der Waals surface area contributed by atoms with E-state index in [-0.39, 0.29) is 51.5 Å². The number of carbonyl (C=O) groups is 4. The van der Waals surface area contributed by atoms with Gasteiger partial charge < -0.3 is 40.3 Å². The van der Waals surface area contributed by atoms with Gasteiger partial charge in [0.25, 0.3) is 0 Å². The lowest BCUT2D eigenvalue weighted by molar-refractivity contribution is -0.138. The van der Waals surface area contributed by atoms with Crippen molar-refractivity contribution in [2.45, 2.75) is 44.3 Å². The van der Waals surface area contributed by atoms with Gasteiger partial charge in [-0.25, -0.2) is 14.8 Å². The van der Waals surface area contributed by atoms with Crippen LogP contribution in [0.3, 0.4) is 0 Å². The fraction of sp³-hybridized carbons (Fsp3) is 0.400. The molecule has 0 saturated carbocycles. The van der Waals surface area contributed by atoms with Crippen LogP contribution in [-0.2, 0) is 41.7 Å². The van der Waals surface area contributed by atoms with E-state index in [4.69, 9.17) is 19.9 Å². The molecule has 3 aromatic carbocycles. The highest BCUT2D eigenvalue weighted by molar-refractivity contribution is 5.88. The first-order valence-corrected chi connectivity index (χ1v) is 18.2. The van der Waals surface area contributed by atoms with Gasteiger partial charge in [-0.3, -0.25) is 14.4 Å². The maximum Gasteiger partial charge on any atom is 0.424 e. The molecule has 4 aromatic rings. The third kappa shape index (κ3) is 10.4. The summed E-state index contributed by atoms with van der Waals surface area (Å²) in [5, 5.41) is 18.8. The van der Waals surface area contributed by atoms with Crippen LogP contribution < -0.4 is 16.4 Å². The zero-order valence-corrected chi connectivity index (χ0v) is 30.9. The highest BCUT2D eigenvalue weighted by Crippen LogP contribution is 2.44. The average Bonchev–Trinajstić information content (AvgIpc) is 3.69. The molecule has 0 spiro atoms. The molecule has 5 N–H and O–H groups in total. The number of hydrogen-bond acceptors (Lipinski definition) is 9. The maximum atomic E-state index is 13.3. The second-order valence-electron chi connectivity index (χ2n) is 13.1. The van der Waals surface area contributed by atoms with Crippen molar-refractivity contribution >= 4 is 34.8 Å². The van der Waals surface area contributed by atoms with Crippen LogP contribution in [0, 0.1) is 0 Å². The summed E-state index contributed by atoms with van der Waals surface area (Å²) in [6.45, 7) is 2.81. The second-order valence-corrected chi connectivity index (χ2v) is 13.1. The van der Waals surface area contributed by atoms with Gasteiger partial charge in [0.05, 0.1) is 33.0 Å². The van der Waals surface area contributed by atoms with Crippen LogP contribution in [0.1, 0.15) is 42.0 Å². The molecule has 54 heavy (non-hydrogen) atoms. The molecule has 1 heterocycles. The molecule has 1 atom stereocenters. The number of hydrazine groups is 1. The SMILES string of the molecule is CN(Cc1cc2ccccc2n1CCC(=O)NC(CCC(=O)O)C(=O)NCCOCCOCCN)N(C)C(=O)OCC1c2ccccc2-c2ccccc21. The number of carbonyl (C=O) groups excluding carboxylic acids is 3. The largest absolute Gasteiger partial charge is 0.481 e. The third-order valence-corrected chi connectivity index (χ3v) is 9.44. The van der Waals surface area contributed by atoms with Crippen molar-refractivity contribution in [3.63, 3.8) is 0 Å². The van der Waals surface area contributed by atoms with E-state index in [9.17, 15) is 24.3 Å². The van der Waals surface area contributed by atoms with Crippen molar-refractivity contribution in [1.82, 2.24) is 25.2 Å². The van der Waals surface area contributed by atoms with E-state index in [1.165, 1.54) is 5.01 Å². The third-order valence-electron chi connectivity index (χ3n) is 9.44. The minimum Gasteiger partial charge on any atom is -0.481 e. The van der Waals surface area contributed by atoms with Crippen LogP contribution in [0.25, 0.3) is 22.0 Å². The van der Waals surface area contributed by atoms with Crippen molar-refractivity contribution in [1.29, 1.82) is 0 Å². The van der Waals surface area contributed by atoms with Crippen LogP contribution in [0.2, 0.25) is 0 Å². The zero-order chi connectivity index (χ0) is 38.5. The van der Waals surface area contributed by atoms with Crippen molar-refractivity contribution in [3.05, 3.63) is 95.7 Å². The molecule has 1 aromatic heterocycles. The van der Waals surface area contributed by atoms with Crippen LogP contribution in [0.4, 0.5) is 4.79 Å². The van der Waals surface area contributed by atoms with Gasteiger partial charge in [-0.15, -0.1) is 0 Å². The lowest BCUT2D eigenvalue weighted by atomic mass is 9.98. The molecule has 0 radical (unpaired) electrons. The molecule has 0 bridgehead atoms. The Hall–Kier alpha value is -5.28. The van der Waals surface area contributed by atoms with E-state index in [0.29, 0.717) is 32.9 Å². The fourth-order valence-electron chi connectivity index (χ4n) is 6.62. The summed E-state index contributed by atoms with van der Waals surface area (Å²) in [6.07, 6.45) is -0.815. The highest BCUT2D eigenvalue weighted by Gasteiger charge is 2.30. The fourth-order valence-corrected chi connectivity index (χ4v) is 6.62. The van der Waals surface area contributed by atoms with Gasteiger partial charge in [-0.2, -0.15) is 0 Å². The van der Waals surface area contributed by atoms with Crippen LogP contribution in [-0.4, -0.2) is 110 Å². The first-order chi connectivity index (χ1) is 26.2. The number of aliphatic carboxylic acids is 1. The molecule has 288 valence electrons. The number of carboxylic acids is 1. The van der Waals surface area contributed by atoms with Crippen molar-refractivity contribution in [2.75, 3.05) is 60.2 Å². The minimum atomic E-state index is -1.07. The number of para-hydroxylation sites is 1. The number of aryl methyl sites for hydroxylation is 1. The minimum absolute atomic E-state index is 0.0281. The molecule has 14 heteroatoms. The maximum absolute atomic E-state index is 13.3. The summed E-state index contributed by atoms with van der Waals surface area (Å²) in [6, 6.07) is 25.1. The number of nitrogens with zero attached hydrogens (tertiary/aromatic N) is 3. The standard InChI is InChI=1S/C40H50N6O8/c1-44(45(2)40(51)54-27-34-32-12-6-4-10-30(32)31-11-5-7-13-33(31)34)26-29-25-28-9-3-8-14-36(28)46(29)20-17-37(47)43-35(15-16-38(48)49)39(50)42-19-22-53-24-23-52-21-18-41/h3-14,25,34-35H,15-24,26-27,41H2,1-2H3,(H,42,50)(H,43,47)(H,48,49). The number of carboxylic acid groups (broad SMARTS) is 1. The van der Waals surface area contributed by atoms with Crippen molar-refractivity contribution < 1.29 is 38.5 Å². The molecule has 0 saturated heterocycles. The molecule has 5 rings (SSSR count). The van der Waals surface area contributed by atoms with Gasteiger partial charge in [-0.05, 0) is 46.2 Å². The Kier molecular flexibility index (Phi) is 14.6. The first-order valence-electron chi connectivity index (χ1n) is 18.2. The smallest absolute Gasteiger partial charge is 0.424 e. The number of benzene rings is 3. The van der Waals surface area contributed by atoms with Gasteiger partial charge in [-0.1, -0.05) is 66.7 Å². The Labute approximate surface area is 315 Å². The number of fused-ring (bicyclic) bond motifs is 4. The lowest BCUT2D eigenvalue weighted by Crippen LogP contribution is -2.47. The summed E-state index contributed by atoms with van der Waals surface area (Å²) in [7, 11) is 3.45. The normalized spacial score (nSPS) is 12.7. The molecule has 0 fully saturated rings. The van der Waals surface area contributed by atoms with Gasteiger partial charge in [0.15, 0.2) is 0 Å². The van der Waals surface area contributed by atoms with E-state index >= 15 is 0 Å². The number of hydrogen-bond donors (Lipinski definition) is 4. The van der Waals surface area contributed by atoms with Crippen molar-refractivity contribution in [2.24, 2.45) is 5.73 Å². The number of amides is 3. The quantitative estimate of drug-likeness (QED) is 0.0727. The van der Waals surface area contributed by atoms with Gasteiger partial charge in [0.2, 0.25) is 11.8 Å². The van der Waals surface area contributed by atoms with E-state index in [1.807, 2.05) is 59.2 Å². The molecule has 1 unspecified atom stereocenters. The Balaban J connectivity index is 1.17. The van der Waals surface area contributed by atoms with Gasteiger partial charge in [0.1, 0.15) is 12.6 Å². The molecule has 0 aliphatic heterocycles. The summed E-state index contributed by atoms with van der Waals surface area (Å²) in [5.41, 5.74) is 11.7. The monoisotopic (exact) mass is 742 g/mol. The first kappa shape index (κ1) is 39.9. The van der Waals surface area contributed by atoms with E-state index < -0.39 is 29.9 Å². The molecular weight excluding hydrogens is 692 g/mol.